The second kappa shape index (κ2) is 7.54. The number of ether oxygens (including phenoxy) is 1. The monoisotopic (exact) mass is 334 g/mol. The molecule has 0 heterocycles. The largest absolute Gasteiger partial charge is 0.497 e. The van der Waals surface area contributed by atoms with Gasteiger partial charge in [0.1, 0.15) is 29.6 Å². The highest BCUT2D eigenvalue weighted by atomic mass is 19.1. The van der Waals surface area contributed by atoms with E-state index in [9.17, 15) is 18.4 Å². The predicted molar refractivity (Wildman–Crippen MR) is 86.0 cm³/mol. The molecule has 0 fully saturated rings. The quantitative estimate of drug-likeness (QED) is 0.914. The van der Waals surface area contributed by atoms with Crippen molar-refractivity contribution in [3.05, 3.63) is 54.1 Å². The molecule has 0 bridgehead atoms. The van der Waals surface area contributed by atoms with Crippen molar-refractivity contribution >= 4 is 23.2 Å². The molecule has 0 unspecified atom stereocenters. The summed E-state index contributed by atoms with van der Waals surface area (Å²) in [5.41, 5.74) is -0.109. The van der Waals surface area contributed by atoms with Crippen molar-refractivity contribution in [3.63, 3.8) is 0 Å². The average Bonchev–Trinajstić information content (AvgIpc) is 2.56. The van der Waals surface area contributed by atoms with Crippen LogP contribution in [0.25, 0.3) is 0 Å². The fraction of sp³-hybridized carbons (Fsp3) is 0.176. The summed E-state index contributed by atoms with van der Waals surface area (Å²) < 4.78 is 32.2. The zero-order valence-corrected chi connectivity index (χ0v) is 13.2. The summed E-state index contributed by atoms with van der Waals surface area (Å²) in [6, 6.07) is 9.82. The first-order valence-electron chi connectivity index (χ1n) is 7.08. The lowest BCUT2D eigenvalue weighted by Gasteiger charge is -2.21. The molecule has 0 spiro atoms. The van der Waals surface area contributed by atoms with Gasteiger partial charge >= 0.3 is 0 Å². The van der Waals surface area contributed by atoms with E-state index in [0.717, 1.165) is 12.1 Å². The van der Waals surface area contributed by atoms with E-state index in [2.05, 4.69) is 5.32 Å². The van der Waals surface area contributed by atoms with Crippen molar-refractivity contribution in [2.24, 2.45) is 0 Å². The molecule has 0 aliphatic heterocycles. The molecule has 0 saturated carbocycles. The number of anilines is 2. The van der Waals surface area contributed by atoms with Gasteiger partial charge in [-0.1, -0.05) is 12.1 Å². The van der Waals surface area contributed by atoms with Crippen LogP contribution in [0.3, 0.4) is 0 Å². The molecule has 126 valence electrons. The fourth-order valence-electron chi connectivity index (χ4n) is 2.10. The summed E-state index contributed by atoms with van der Waals surface area (Å²) in [5.74, 6) is -2.39. The van der Waals surface area contributed by atoms with Gasteiger partial charge in [-0.2, -0.15) is 0 Å². The maximum absolute atomic E-state index is 13.6. The molecule has 0 aromatic heterocycles. The van der Waals surface area contributed by atoms with Gasteiger partial charge in [0.2, 0.25) is 11.8 Å². The summed E-state index contributed by atoms with van der Waals surface area (Å²) in [5, 5.41) is 2.15. The highest BCUT2D eigenvalue weighted by Gasteiger charge is 2.18. The zero-order valence-electron chi connectivity index (χ0n) is 13.2. The van der Waals surface area contributed by atoms with Gasteiger partial charge in [-0.15, -0.1) is 0 Å². The standard InChI is InChI=1S/C17H16F2N2O3/c1-11(22)21(12-5-3-6-13(9-12)24-2)10-16(23)20-17-14(18)7-4-8-15(17)19/h3-9H,10H2,1-2H3,(H,20,23). The zero-order chi connectivity index (χ0) is 17.7. The van der Waals surface area contributed by atoms with Crippen molar-refractivity contribution < 1.29 is 23.1 Å². The lowest BCUT2D eigenvalue weighted by atomic mass is 10.2. The smallest absolute Gasteiger partial charge is 0.244 e. The molecular formula is C17H16F2N2O3. The predicted octanol–water partition coefficient (Wildman–Crippen LogP) is 2.97. The first-order valence-corrected chi connectivity index (χ1v) is 7.08. The molecule has 0 radical (unpaired) electrons. The van der Waals surface area contributed by atoms with E-state index >= 15 is 0 Å². The molecule has 0 aliphatic rings. The summed E-state index contributed by atoms with van der Waals surface area (Å²) in [6.07, 6.45) is 0. The van der Waals surface area contributed by atoms with E-state index in [1.807, 2.05) is 0 Å². The van der Waals surface area contributed by atoms with Crippen molar-refractivity contribution in [2.45, 2.75) is 6.92 Å². The number of carbonyl (C=O) groups excluding carboxylic acids is 2. The summed E-state index contributed by atoms with van der Waals surface area (Å²) in [6.45, 7) is 0.896. The number of hydrogen-bond acceptors (Lipinski definition) is 3. The van der Waals surface area contributed by atoms with Gasteiger partial charge in [0.05, 0.1) is 7.11 Å². The minimum absolute atomic E-state index is 0.393. The second-order valence-electron chi connectivity index (χ2n) is 4.95. The SMILES string of the molecule is COc1cccc(N(CC(=O)Nc2c(F)cccc2F)C(C)=O)c1. The lowest BCUT2D eigenvalue weighted by Crippen LogP contribution is -2.37. The van der Waals surface area contributed by atoms with Gasteiger partial charge in [0, 0.05) is 18.7 Å². The third kappa shape index (κ3) is 4.07. The summed E-state index contributed by atoms with van der Waals surface area (Å²) in [4.78, 5) is 25.1. The number of amides is 2. The fourth-order valence-corrected chi connectivity index (χ4v) is 2.10. The molecular weight excluding hydrogens is 318 g/mol. The van der Waals surface area contributed by atoms with Gasteiger partial charge in [-0.3, -0.25) is 9.59 Å². The van der Waals surface area contributed by atoms with Crippen LogP contribution in [0.2, 0.25) is 0 Å². The van der Waals surface area contributed by atoms with Gasteiger partial charge in [-0.05, 0) is 24.3 Å². The highest BCUT2D eigenvalue weighted by molar-refractivity contribution is 6.02. The minimum Gasteiger partial charge on any atom is -0.497 e. The Morgan fingerprint density at radius 2 is 1.75 bits per heavy atom. The van der Waals surface area contributed by atoms with Gasteiger partial charge in [0.25, 0.3) is 0 Å². The van der Waals surface area contributed by atoms with Crippen LogP contribution in [0.4, 0.5) is 20.2 Å². The maximum Gasteiger partial charge on any atom is 0.244 e. The Balaban J connectivity index is 2.18. The normalized spacial score (nSPS) is 10.2. The molecule has 2 aromatic rings. The van der Waals surface area contributed by atoms with Crippen LogP contribution < -0.4 is 15.0 Å². The molecule has 7 heteroatoms. The van der Waals surface area contributed by atoms with Gasteiger partial charge in [0.15, 0.2) is 0 Å². The average molecular weight is 334 g/mol. The van der Waals surface area contributed by atoms with Crippen LogP contribution in [0.1, 0.15) is 6.92 Å². The molecule has 0 saturated heterocycles. The first kappa shape index (κ1) is 17.4. The first-order chi connectivity index (χ1) is 11.4. The molecule has 2 amide bonds. The molecule has 0 aliphatic carbocycles. The molecule has 1 N–H and O–H groups in total. The molecule has 24 heavy (non-hydrogen) atoms. The molecule has 2 rings (SSSR count). The van der Waals surface area contributed by atoms with Gasteiger partial charge < -0.3 is 15.0 Å². The number of hydrogen-bond donors (Lipinski definition) is 1. The Bertz CT molecular complexity index is 745. The third-order valence-electron chi connectivity index (χ3n) is 3.27. The minimum atomic E-state index is -0.890. The topological polar surface area (TPSA) is 58.6 Å². The van der Waals surface area contributed by atoms with Gasteiger partial charge in [-0.25, -0.2) is 8.78 Å². The van der Waals surface area contributed by atoms with Crippen LogP contribution in [-0.4, -0.2) is 25.5 Å². The van der Waals surface area contributed by atoms with Crippen molar-refractivity contribution in [3.8, 4) is 5.75 Å². The Labute approximate surface area is 137 Å². The van der Waals surface area contributed by atoms with E-state index in [0.29, 0.717) is 11.4 Å². The summed E-state index contributed by atoms with van der Waals surface area (Å²) >= 11 is 0. The number of para-hydroxylation sites is 1. The second-order valence-corrected chi connectivity index (χ2v) is 4.95. The van der Waals surface area contributed by atoms with E-state index in [-0.39, 0.29) is 0 Å². The van der Waals surface area contributed by atoms with E-state index in [1.165, 1.54) is 25.0 Å². The number of carbonyl (C=O) groups is 2. The van der Waals surface area contributed by atoms with Crippen molar-refractivity contribution in [1.82, 2.24) is 0 Å². The Morgan fingerprint density at radius 3 is 2.33 bits per heavy atom. The Hall–Kier alpha value is -2.96. The summed E-state index contributed by atoms with van der Waals surface area (Å²) in [7, 11) is 1.48. The Morgan fingerprint density at radius 1 is 1.12 bits per heavy atom. The highest BCUT2D eigenvalue weighted by Crippen LogP contribution is 2.22. The molecule has 5 nitrogen and oxygen atoms in total. The number of halogens is 2. The lowest BCUT2D eigenvalue weighted by molar-refractivity contribution is -0.120. The molecule has 0 atom stereocenters. The van der Waals surface area contributed by atoms with Crippen LogP contribution >= 0.6 is 0 Å². The number of rotatable bonds is 5. The number of nitrogens with one attached hydrogen (secondary N) is 1. The Kier molecular flexibility index (Phi) is 5.47. The maximum atomic E-state index is 13.6. The van der Waals surface area contributed by atoms with Crippen LogP contribution in [0.15, 0.2) is 42.5 Å². The van der Waals surface area contributed by atoms with Crippen molar-refractivity contribution in [2.75, 3.05) is 23.9 Å². The number of methoxy groups -OCH3 is 1. The number of benzene rings is 2. The molecule has 2 aromatic carbocycles. The van der Waals surface area contributed by atoms with E-state index < -0.39 is 35.7 Å². The van der Waals surface area contributed by atoms with Crippen LogP contribution in [-0.2, 0) is 9.59 Å². The van der Waals surface area contributed by atoms with Crippen molar-refractivity contribution in [1.29, 1.82) is 0 Å². The van der Waals surface area contributed by atoms with Crippen LogP contribution in [0.5, 0.6) is 5.75 Å². The number of nitrogens with zero attached hydrogens (tertiary/aromatic N) is 1. The van der Waals surface area contributed by atoms with Crippen LogP contribution in [0, 0.1) is 11.6 Å². The third-order valence-corrected chi connectivity index (χ3v) is 3.27. The van der Waals surface area contributed by atoms with E-state index in [4.69, 9.17) is 4.74 Å². The van der Waals surface area contributed by atoms with E-state index in [1.54, 1.807) is 24.3 Å².